The second-order valence-corrected chi connectivity index (χ2v) is 8.60. The van der Waals surface area contributed by atoms with E-state index in [0.717, 1.165) is 13.0 Å². The molecule has 1 aromatic rings. The highest BCUT2D eigenvalue weighted by Gasteiger charge is 2.66. The van der Waals surface area contributed by atoms with Gasteiger partial charge in [0.15, 0.2) is 0 Å². The Morgan fingerprint density at radius 3 is 2.19 bits per heavy atom. The van der Waals surface area contributed by atoms with E-state index in [-0.39, 0.29) is 16.9 Å². The predicted molar refractivity (Wildman–Crippen MR) is 86.9 cm³/mol. The Labute approximate surface area is 128 Å². The lowest BCUT2D eigenvalue weighted by atomic mass is 10.0. The second-order valence-electron chi connectivity index (χ2n) is 6.92. The number of hydrogen-bond acceptors (Lipinski definition) is 3. The average molecular weight is 310 g/mol. The molecule has 1 aliphatic rings. The van der Waals surface area contributed by atoms with Crippen LogP contribution in [0.3, 0.4) is 0 Å². The van der Waals surface area contributed by atoms with Crippen LogP contribution in [0.5, 0.6) is 0 Å². The Bertz CT molecular complexity index is 607. The summed E-state index contributed by atoms with van der Waals surface area (Å²) in [6.45, 7) is 11.2. The van der Waals surface area contributed by atoms with Crippen LogP contribution in [0.2, 0.25) is 0 Å². The SMILES string of the molecule is CCCNc1ccccc1S(=O)(=O)NC1C(C)(C)C1(C)C. The molecule has 0 bridgehead atoms. The molecule has 0 spiro atoms. The van der Waals surface area contributed by atoms with Crippen LogP contribution in [0.4, 0.5) is 5.69 Å². The van der Waals surface area contributed by atoms with Crippen LogP contribution >= 0.6 is 0 Å². The molecular weight excluding hydrogens is 284 g/mol. The van der Waals surface area contributed by atoms with Crippen molar-refractivity contribution in [2.45, 2.75) is 52.0 Å². The third kappa shape index (κ3) is 2.81. The van der Waals surface area contributed by atoms with E-state index in [4.69, 9.17) is 0 Å². The maximum absolute atomic E-state index is 12.7. The van der Waals surface area contributed by atoms with Gasteiger partial charge in [-0.25, -0.2) is 13.1 Å². The highest BCUT2D eigenvalue weighted by Crippen LogP contribution is 2.63. The zero-order chi connectivity index (χ0) is 15.9. The lowest BCUT2D eigenvalue weighted by molar-refractivity contribution is 0.457. The lowest BCUT2D eigenvalue weighted by Gasteiger charge is -2.13. The molecule has 0 radical (unpaired) electrons. The van der Waals surface area contributed by atoms with E-state index in [9.17, 15) is 8.42 Å². The Hall–Kier alpha value is -1.07. The van der Waals surface area contributed by atoms with E-state index in [1.807, 2.05) is 12.1 Å². The molecule has 2 rings (SSSR count). The van der Waals surface area contributed by atoms with Gasteiger partial charge in [0.2, 0.25) is 10.0 Å². The zero-order valence-corrected chi connectivity index (χ0v) is 14.3. The number of para-hydroxylation sites is 1. The van der Waals surface area contributed by atoms with Gasteiger partial charge in [-0.3, -0.25) is 0 Å². The molecule has 1 fully saturated rings. The van der Waals surface area contributed by atoms with Crippen LogP contribution in [0.1, 0.15) is 41.0 Å². The summed E-state index contributed by atoms with van der Waals surface area (Å²) in [5, 5.41) is 3.18. The lowest BCUT2D eigenvalue weighted by Crippen LogP contribution is -2.30. The molecule has 1 aliphatic carbocycles. The predicted octanol–water partition coefficient (Wildman–Crippen LogP) is 3.22. The molecule has 0 amide bonds. The third-order valence-corrected chi connectivity index (χ3v) is 6.52. The van der Waals surface area contributed by atoms with Crippen molar-refractivity contribution in [2.24, 2.45) is 10.8 Å². The summed E-state index contributed by atoms with van der Waals surface area (Å²) < 4.78 is 28.3. The maximum atomic E-state index is 12.7. The van der Waals surface area contributed by atoms with Crippen molar-refractivity contribution in [3.8, 4) is 0 Å². The summed E-state index contributed by atoms with van der Waals surface area (Å²) in [5.74, 6) is 0. The van der Waals surface area contributed by atoms with Crippen LogP contribution in [0.25, 0.3) is 0 Å². The number of nitrogens with one attached hydrogen (secondary N) is 2. The van der Waals surface area contributed by atoms with Crippen molar-refractivity contribution in [2.75, 3.05) is 11.9 Å². The molecule has 1 aromatic carbocycles. The minimum atomic E-state index is -3.51. The maximum Gasteiger partial charge on any atom is 0.242 e. The van der Waals surface area contributed by atoms with Crippen molar-refractivity contribution in [3.63, 3.8) is 0 Å². The van der Waals surface area contributed by atoms with E-state index in [2.05, 4.69) is 44.7 Å². The van der Waals surface area contributed by atoms with Crippen LogP contribution in [-0.4, -0.2) is 21.0 Å². The summed E-state index contributed by atoms with van der Waals surface area (Å²) in [6, 6.07) is 7.04. The van der Waals surface area contributed by atoms with Gasteiger partial charge in [-0.2, -0.15) is 0 Å². The summed E-state index contributed by atoms with van der Waals surface area (Å²) in [5.41, 5.74) is 0.626. The first kappa shape index (κ1) is 16.3. The highest BCUT2D eigenvalue weighted by atomic mass is 32.2. The van der Waals surface area contributed by atoms with Gasteiger partial charge < -0.3 is 5.32 Å². The van der Waals surface area contributed by atoms with Gasteiger partial charge in [0.05, 0.1) is 5.69 Å². The normalized spacial score (nSPS) is 20.2. The van der Waals surface area contributed by atoms with E-state index < -0.39 is 10.0 Å². The molecule has 1 saturated carbocycles. The average Bonchev–Trinajstić information content (AvgIpc) is 2.78. The number of anilines is 1. The van der Waals surface area contributed by atoms with Gasteiger partial charge in [-0.05, 0) is 29.4 Å². The first-order valence-electron chi connectivity index (χ1n) is 7.50. The van der Waals surface area contributed by atoms with Crippen LogP contribution in [-0.2, 0) is 10.0 Å². The second kappa shape index (κ2) is 5.29. The van der Waals surface area contributed by atoms with Gasteiger partial charge in [0, 0.05) is 12.6 Å². The Balaban J connectivity index is 2.25. The summed E-state index contributed by atoms with van der Waals surface area (Å²) >= 11 is 0. The molecular formula is C16H26N2O2S. The molecule has 2 N–H and O–H groups in total. The quantitative estimate of drug-likeness (QED) is 0.848. The fraction of sp³-hybridized carbons (Fsp3) is 0.625. The zero-order valence-electron chi connectivity index (χ0n) is 13.5. The summed E-state index contributed by atoms with van der Waals surface area (Å²) in [7, 11) is -3.51. The Morgan fingerprint density at radius 2 is 1.67 bits per heavy atom. The van der Waals surface area contributed by atoms with Crippen molar-refractivity contribution in [1.82, 2.24) is 4.72 Å². The monoisotopic (exact) mass is 310 g/mol. The molecule has 0 heterocycles. The number of hydrogen-bond donors (Lipinski definition) is 2. The minimum Gasteiger partial charge on any atom is -0.384 e. The van der Waals surface area contributed by atoms with Crippen molar-refractivity contribution in [1.29, 1.82) is 0 Å². The van der Waals surface area contributed by atoms with Gasteiger partial charge in [-0.15, -0.1) is 0 Å². The van der Waals surface area contributed by atoms with Crippen molar-refractivity contribution >= 4 is 15.7 Å². The Kier molecular flexibility index (Phi) is 4.10. The topological polar surface area (TPSA) is 58.2 Å². The molecule has 5 heteroatoms. The van der Waals surface area contributed by atoms with E-state index in [1.54, 1.807) is 12.1 Å². The van der Waals surface area contributed by atoms with E-state index in [1.165, 1.54) is 0 Å². The van der Waals surface area contributed by atoms with E-state index in [0.29, 0.717) is 10.6 Å². The Morgan fingerprint density at radius 1 is 1.10 bits per heavy atom. The first-order valence-corrected chi connectivity index (χ1v) is 8.98. The smallest absolute Gasteiger partial charge is 0.242 e. The van der Waals surface area contributed by atoms with Crippen LogP contribution in [0.15, 0.2) is 29.2 Å². The molecule has 0 saturated heterocycles. The van der Waals surface area contributed by atoms with Crippen molar-refractivity contribution < 1.29 is 8.42 Å². The standard InChI is InChI=1S/C16H26N2O2S/c1-6-11-17-12-9-7-8-10-13(12)21(19,20)18-14-15(2,3)16(14,4)5/h7-10,14,17-18H,6,11H2,1-5H3. The fourth-order valence-corrected chi connectivity index (χ4v) is 4.53. The molecule has 21 heavy (non-hydrogen) atoms. The molecule has 0 unspecified atom stereocenters. The minimum absolute atomic E-state index is 0.0220. The summed E-state index contributed by atoms with van der Waals surface area (Å²) in [6.07, 6.45) is 0.949. The number of benzene rings is 1. The first-order chi connectivity index (χ1) is 9.64. The van der Waals surface area contributed by atoms with Crippen LogP contribution < -0.4 is 10.0 Å². The molecule has 4 nitrogen and oxygen atoms in total. The number of sulfonamides is 1. The highest BCUT2D eigenvalue weighted by molar-refractivity contribution is 7.89. The molecule has 0 aliphatic heterocycles. The van der Waals surface area contributed by atoms with Crippen molar-refractivity contribution in [3.05, 3.63) is 24.3 Å². The van der Waals surface area contributed by atoms with E-state index >= 15 is 0 Å². The fourth-order valence-electron chi connectivity index (χ4n) is 2.82. The molecule has 118 valence electrons. The van der Waals surface area contributed by atoms with Gasteiger partial charge in [0.1, 0.15) is 4.90 Å². The third-order valence-electron chi connectivity index (χ3n) is 5.04. The number of rotatable bonds is 6. The summed E-state index contributed by atoms with van der Waals surface area (Å²) in [4.78, 5) is 0.331. The van der Waals surface area contributed by atoms with Gasteiger partial charge in [-0.1, -0.05) is 46.8 Å². The van der Waals surface area contributed by atoms with Crippen LogP contribution in [0, 0.1) is 10.8 Å². The van der Waals surface area contributed by atoms with Gasteiger partial charge >= 0.3 is 0 Å². The molecule has 0 aromatic heterocycles. The molecule has 0 atom stereocenters. The largest absolute Gasteiger partial charge is 0.384 e. The van der Waals surface area contributed by atoms with Gasteiger partial charge in [0.25, 0.3) is 0 Å².